The fraction of sp³-hybridized carbons (Fsp3) is 0.704. The van der Waals surface area contributed by atoms with Crippen molar-refractivity contribution in [3.63, 3.8) is 0 Å². The molecule has 2 aliphatic carbocycles. The highest BCUT2D eigenvalue weighted by molar-refractivity contribution is 5.35. The third-order valence-corrected chi connectivity index (χ3v) is 7.26. The third-order valence-electron chi connectivity index (χ3n) is 7.26. The molecule has 1 fully saturated rings. The van der Waals surface area contributed by atoms with Gasteiger partial charge in [-0.15, -0.1) is 0 Å². The molecular formula is C27H40F2O. The van der Waals surface area contributed by atoms with Crippen LogP contribution in [0.4, 0.5) is 8.78 Å². The summed E-state index contributed by atoms with van der Waals surface area (Å²) in [6.07, 6.45) is 18.6. The maximum absolute atomic E-state index is 14.8. The summed E-state index contributed by atoms with van der Waals surface area (Å²) < 4.78 is 35.2. The van der Waals surface area contributed by atoms with E-state index in [0.717, 1.165) is 31.6 Å². The van der Waals surface area contributed by atoms with Gasteiger partial charge in [0.25, 0.3) is 0 Å². The van der Waals surface area contributed by atoms with E-state index in [9.17, 15) is 8.78 Å². The molecule has 1 aromatic carbocycles. The fourth-order valence-corrected chi connectivity index (χ4v) is 5.28. The summed E-state index contributed by atoms with van der Waals surface area (Å²) in [6.45, 7) is 4.96. The van der Waals surface area contributed by atoms with Crippen molar-refractivity contribution in [1.29, 1.82) is 0 Å². The normalized spacial score (nSPS) is 26.7. The minimum atomic E-state index is -0.814. The first-order valence-electron chi connectivity index (χ1n) is 12.4. The van der Waals surface area contributed by atoms with Crippen LogP contribution in [0.1, 0.15) is 102 Å². The molecule has 0 N–H and O–H groups in total. The zero-order valence-electron chi connectivity index (χ0n) is 19.0. The topological polar surface area (TPSA) is 9.23 Å². The molecule has 2 unspecified atom stereocenters. The Morgan fingerprint density at radius 2 is 1.57 bits per heavy atom. The molecule has 2 atom stereocenters. The maximum atomic E-state index is 14.8. The molecule has 0 bridgehead atoms. The molecule has 0 radical (unpaired) electrons. The highest BCUT2D eigenvalue weighted by Gasteiger charge is 2.25. The van der Waals surface area contributed by atoms with Crippen molar-refractivity contribution in [3.05, 3.63) is 41.5 Å². The predicted molar refractivity (Wildman–Crippen MR) is 121 cm³/mol. The lowest BCUT2D eigenvalue weighted by molar-refractivity contribution is 0.173. The predicted octanol–water partition coefficient (Wildman–Crippen LogP) is 8.58. The number of ether oxygens (including phenoxy) is 1. The Hall–Kier alpha value is -1.38. The molecule has 0 saturated heterocycles. The first-order chi connectivity index (χ1) is 14.6. The number of hydrogen-bond donors (Lipinski definition) is 0. The summed E-state index contributed by atoms with van der Waals surface area (Å²) in [7, 11) is 0. The van der Waals surface area contributed by atoms with Gasteiger partial charge in [0.1, 0.15) is 0 Å². The van der Waals surface area contributed by atoms with E-state index in [1.54, 1.807) is 12.1 Å². The molecule has 0 aromatic heterocycles. The van der Waals surface area contributed by atoms with E-state index in [-0.39, 0.29) is 11.7 Å². The van der Waals surface area contributed by atoms with E-state index in [4.69, 9.17) is 4.74 Å². The summed E-state index contributed by atoms with van der Waals surface area (Å²) in [5.41, 5.74) is 0.475. The third kappa shape index (κ3) is 6.31. The lowest BCUT2D eigenvalue weighted by Gasteiger charge is -2.28. The van der Waals surface area contributed by atoms with Crippen molar-refractivity contribution in [3.8, 4) is 5.75 Å². The summed E-state index contributed by atoms with van der Waals surface area (Å²) >= 11 is 0. The Labute approximate surface area is 182 Å². The number of unbranched alkanes of at least 4 members (excludes halogenated alkanes) is 2. The highest BCUT2D eigenvalue weighted by atomic mass is 19.2. The minimum Gasteiger partial charge on any atom is -0.490 e. The highest BCUT2D eigenvalue weighted by Crippen LogP contribution is 2.37. The molecule has 1 aromatic rings. The van der Waals surface area contributed by atoms with Crippen molar-refractivity contribution in [2.75, 3.05) is 6.61 Å². The molecule has 1 nitrogen and oxygen atoms in total. The standard InChI is InChI=1S/C27H40F2O/c1-3-5-6-8-21-13-15-23(16-14-21)24-17-18-25(27(29)26(24)28)30-19-22-11-9-20(7-4-2)10-12-22/h13,15,17-18,20-23H,3-12,14,16,19H2,1-2H3. The molecule has 1 saturated carbocycles. The number of halogens is 2. The van der Waals surface area contributed by atoms with Crippen LogP contribution in [0.15, 0.2) is 24.3 Å². The van der Waals surface area contributed by atoms with Crippen LogP contribution in [-0.4, -0.2) is 6.61 Å². The van der Waals surface area contributed by atoms with E-state index >= 15 is 0 Å². The van der Waals surface area contributed by atoms with Crippen molar-refractivity contribution in [2.24, 2.45) is 17.8 Å². The van der Waals surface area contributed by atoms with Crippen LogP contribution < -0.4 is 4.74 Å². The number of benzene rings is 1. The Morgan fingerprint density at radius 3 is 2.23 bits per heavy atom. The minimum absolute atomic E-state index is 0.0233. The largest absolute Gasteiger partial charge is 0.490 e. The van der Waals surface area contributed by atoms with Gasteiger partial charge < -0.3 is 4.74 Å². The summed E-state index contributed by atoms with van der Waals surface area (Å²) in [5, 5.41) is 0. The number of hydrogen-bond acceptors (Lipinski definition) is 1. The smallest absolute Gasteiger partial charge is 0.200 e. The van der Waals surface area contributed by atoms with Gasteiger partial charge in [-0.25, -0.2) is 4.39 Å². The first kappa shape index (κ1) is 23.3. The Kier molecular flexibility index (Phi) is 9.21. The molecule has 0 aliphatic heterocycles. The molecule has 30 heavy (non-hydrogen) atoms. The SMILES string of the molecule is CCCCCC1C=CC(c2ccc(OCC3CCC(CCC)CC3)c(F)c2F)CC1. The van der Waals surface area contributed by atoms with Crippen molar-refractivity contribution in [2.45, 2.75) is 96.8 Å². The Morgan fingerprint density at radius 1 is 0.800 bits per heavy atom. The molecule has 2 aliphatic rings. The van der Waals surface area contributed by atoms with E-state index < -0.39 is 11.6 Å². The zero-order chi connectivity index (χ0) is 21.3. The molecule has 0 spiro atoms. The van der Waals surface area contributed by atoms with Crippen LogP contribution in [0.25, 0.3) is 0 Å². The zero-order valence-corrected chi connectivity index (χ0v) is 19.0. The fourth-order valence-electron chi connectivity index (χ4n) is 5.28. The van der Waals surface area contributed by atoms with Crippen LogP contribution in [0.2, 0.25) is 0 Å². The Bertz CT molecular complexity index is 676. The lowest BCUT2D eigenvalue weighted by atomic mass is 9.80. The van der Waals surface area contributed by atoms with Crippen molar-refractivity contribution in [1.82, 2.24) is 0 Å². The molecular weight excluding hydrogens is 378 g/mol. The lowest BCUT2D eigenvalue weighted by Crippen LogP contribution is -2.20. The summed E-state index contributed by atoms with van der Waals surface area (Å²) in [6, 6.07) is 3.37. The summed E-state index contributed by atoms with van der Waals surface area (Å²) in [5.74, 6) is 0.411. The molecule has 0 heterocycles. The van der Waals surface area contributed by atoms with Gasteiger partial charge in [-0.1, -0.05) is 77.0 Å². The Balaban J connectivity index is 1.52. The van der Waals surface area contributed by atoms with Gasteiger partial charge in [-0.2, -0.15) is 4.39 Å². The van der Waals surface area contributed by atoms with Crippen LogP contribution in [0.5, 0.6) is 5.75 Å². The van der Waals surface area contributed by atoms with Crippen LogP contribution in [-0.2, 0) is 0 Å². The second kappa shape index (κ2) is 11.9. The van der Waals surface area contributed by atoms with E-state index in [1.807, 2.05) is 0 Å². The average Bonchev–Trinajstić information content (AvgIpc) is 2.77. The molecule has 3 rings (SSSR count). The second-order valence-corrected chi connectivity index (χ2v) is 9.59. The van der Waals surface area contributed by atoms with Crippen LogP contribution in [0.3, 0.4) is 0 Å². The second-order valence-electron chi connectivity index (χ2n) is 9.59. The first-order valence-corrected chi connectivity index (χ1v) is 12.4. The quantitative estimate of drug-likeness (QED) is 0.273. The van der Waals surface area contributed by atoms with Gasteiger partial charge in [0.2, 0.25) is 5.82 Å². The van der Waals surface area contributed by atoms with Gasteiger partial charge >= 0.3 is 0 Å². The van der Waals surface area contributed by atoms with Gasteiger partial charge in [-0.3, -0.25) is 0 Å². The van der Waals surface area contributed by atoms with Gasteiger partial charge in [-0.05, 0) is 61.5 Å². The average molecular weight is 419 g/mol. The van der Waals surface area contributed by atoms with Crippen LogP contribution in [0, 0.1) is 29.4 Å². The molecule has 0 amide bonds. The maximum Gasteiger partial charge on any atom is 0.200 e. The van der Waals surface area contributed by atoms with Crippen molar-refractivity contribution >= 4 is 0 Å². The van der Waals surface area contributed by atoms with E-state index in [2.05, 4.69) is 26.0 Å². The summed E-state index contributed by atoms with van der Waals surface area (Å²) in [4.78, 5) is 0. The molecule has 3 heteroatoms. The number of rotatable bonds is 10. The van der Waals surface area contributed by atoms with E-state index in [0.29, 0.717) is 24.0 Å². The van der Waals surface area contributed by atoms with Gasteiger partial charge in [0.15, 0.2) is 11.6 Å². The monoisotopic (exact) mass is 418 g/mol. The van der Waals surface area contributed by atoms with Gasteiger partial charge in [0, 0.05) is 5.92 Å². The van der Waals surface area contributed by atoms with Crippen LogP contribution >= 0.6 is 0 Å². The molecule has 168 valence electrons. The van der Waals surface area contributed by atoms with Crippen molar-refractivity contribution < 1.29 is 13.5 Å². The number of allylic oxidation sites excluding steroid dienone is 2. The van der Waals surface area contributed by atoms with E-state index in [1.165, 1.54) is 51.4 Å². The van der Waals surface area contributed by atoms with Gasteiger partial charge in [0.05, 0.1) is 6.61 Å².